The Morgan fingerprint density at radius 3 is 2.62 bits per heavy atom. The Labute approximate surface area is 144 Å². The molecule has 1 fully saturated rings. The summed E-state index contributed by atoms with van der Waals surface area (Å²) in [6.45, 7) is 4.10. The van der Waals surface area contributed by atoms with Crippen LogP contribution in [0.15, 0.2) is 23.2 Å². The molecule has 1 aromatic rings. The maximum absolute atomic E-state index is 5.34. The van der Waals surface area contributed by atoms with Crippen molar-refractivity contribution in [2.45, 2.75) is 6.04 Å². The molecule has 1 aliphatic heterocycles. The highest BCUT2D eigenvalue weighted by Crippen LogP contribution is 2.29. The molecule has 24 heavy (non-hydrogen) atoms. The number of hydrogen-bond donors (Lipinski definition) is 2. The molecular formula is C17H29N5O2. The Hall–Kier alpha value is -1.99. The second-order valence-electron chi connectivity index (χ2n) is 6.04. The zero-order valence-electron chi connectivity index (χ0n) is 15.3. The van der Waals surface area contributed by atoms with Crippen LogP contribution in [-0.4, -0.2) is 83.3 Å². The molecule has 1 unspecified atom stereocenters. The Bertz CT molecular complexity index is 564. The van der Waals surface area contributed by atoms with E-state index in [1.165, 1.54) is 0 Å². The number of benzene rings is 1. The van der Waals surface area contributed by atoms with Gasteiger partial charge in [-0.3, -0.25) is 9.89 Å². The van der Waals surface area contributed by atoms with Crippen LogP contribution < -0.4 is 20.1 Å². The van der Waals surface area contributed by atoms with Gasteiger partial charge in [0.05, 0.1) is 14.2 Å². The molecule has 0 saturated carbocycles. The fourth-order valence-corrected chi connectivity index (χ4v) is 2.77. The smallest absolute Gasteiger partial charge is 0.195 e. The molecule has 1 heterocycles. The second-order valence-corrected chi connectivity index (χ2v) is 6.04. The monoisotopic (exact) mass is 335 g/mol. The first kappa shape index (κ1) is 18.4. The van der Waals surface area contributed by atoms with Crippen molar-refractivity contribution in [2.75, 3.05) is 66.9 Å². The SMILES string of the molecule is CN=C(NCC1CN(C)CCN1C)Nc1ccc(OC)c(OC)c1. The van der Waals surface area contributed by atoms with E-state index in [4.69, 9.17) is 9.47 Å². The normalized spacial score (nSPS) is 19.9. The van der Waals surface area contributed by atoms with Gasteiger partial charge in [0.15, 0.2) is 17.5 Å². The van der Waals surface area contributed by atoms with Gasteiger partial charge < -0.3 is 25.0 Å². The van der Waals surface area contributed by atoms with Crippen LogP contribution in [0.2, 0.25) is 0 Å². The highest BCUT2D eigenvalue weighted by molar-refractivity contribution is 5.93. The largest absolute Gasteiger partial charge is 0.493 e. The Balaban J connectivity index is 1.95. The van der Waals surface area contributed by atoms with E-state index in [1.54, 1.807) is 21.3 Å². The summed E-state index contributed by atoms with van der Waals surface area (Å²) < 4.78 is 10.6. The average molecular weight is 335 g/mol. The highest BCUT2D eigenvalue weighted by atomic mass is 16.5. The quantitative estimate of drug-likeness (QED) is 0.617. The molecule has 1 aromatic carbocycles. The summed E-state index contributed by atoms with van der Waals surface area (Å²) in [7, 11) is 9.36. The van der Waals surface area contributed by atoms with Gasteiger partial charge in [-0.25, -0.2) is 0 Å². The van der Waals surface area contributed by atoms with E-state index < -0.39 is 0 Å². The highest BCUT2D eigenvalue weighted by Gasteiger charge is 2.22. The number of rotatable bonds is 5. The zero-order valence-corrected chi connectivity index (χ0v) is 15.3. The molecule has 0 amide bonds. The predicted octanol–water partition coefficient (Wildman–Crippen LogP) is 0.937. The Morgan fingerprint density at radius 1 is 1.21 bits per heavy atom. The summed E-state index contributed by atoms with van der Waals surface area (Å²) in [5.74, 6) is 2.13. The lowest BCUT2D eigenvalue weighted by Crippen LogP contribution is -2.54. The van der Waals surface area contributed by atoms with Crippen molar-refractivity contribution in [2.24, 2.45) is 4.99 Å². The number of hydrogen-bond acceptors (Lipinski definition) is 5. The molecule has 2 rings (SSSR count). The first-order valence-corrected chi connectivity index (χ1v) is 8.15. The molecular weight excluding hydrogens is 306 g/mol. The van der Waals surface area contributed by atoms with Crippen molar-refractivity contribution in [3.8, 4) is 11.5 Å². The number of ether oxygens (including phenoxy) is 2. The molecule has 2 N–H and O–H groups in total. The minimum Gasteiger partial charge on any atom is -0.493 e. The molecule has 7 heteroatoms. The van der Waals surface area contributed by atoms with E-state index in [9.17, 15) is 0 Å². The molecule has 1 saturated heterocycles. The van der Waals surface area contributed by atoms with Crippen LogP contribution in [-0.2, 0) is 0 Å². The summed E-state index contributed by atoms with van der Waals surface area (Å²) in [6.07, 6.45) is 0. The van der Waals surface area contributed by atoms with Gasteiger partial charge in [0.25, 0.3) is 0 Å². The standard InChI is InChI=1S/C17H29N5O2/c1-18-17(19-11-14-12-21(2)8-9-22(14)3)20-13-6-7-15(23-4)16(10-13)24-5/h6-7,10,14H,8-9,11-12H2,1-5H3,(H2,18,19,20). The van der Waals surface area contributed by atoms with Crippen molar-refractivity contribution in [1.82, 2.24) is 15.1 Å². The topological polar surface area (TPSA) is 61.4 Å². The van der Waals surface area contributed by atoms with Gasteiger partial charge >= 0.3 is 0 Å². The predicted molar refractivity (Wildman–Crippen MR) is 98.4 cm³/mol. The molecule has 0 aliphatic carbocycles. The third-order valence-corrected chi connectivity index (χ3v) is 4.36. The van der Waals surface area contributed by atoms with E-state index in [2.05, 4.69) is 39.5 Å². The van der Waals surface area contributed by atoms with Crippen molar-refractivity contribution < 1.29 is 9.47 Å². The summed E-state index contributed by atoms with van der Waals surface area (Å²) in [4.78, 5) is 9.04. The molecule has 1 atom stereocenters. The summed E-state index contributed by atoms with van der Waals surface area (Å²) >= 11 is 0. The van der Waals surface area contributed by atoms with Crippen LogP contribution in [0, 0.1) is 0 Å². The number of nitrogens with one attached hydrogen (secondary N) is 2. The first-order valence-electron chi connectivity index (χ1n) is 8.15. The van der Waals surface area contributed by atoms with Crippen LogP contribution in [0.5, 0.6) is 11.5 Å². The van der Waals surface area contributed by atoms with E-state index in [-0.39, 0.29) is 0 Å². The number of likely N-dealkylation sites (N-methyl/N-ethyl adjacent to an activating group) is 2. The lowest BCUT2D eigenvalue weighted by atomic mass is 10.2. The molecule has 0 radical (unpaired) electrons. The van der Waals surface area contributed by atoms with Crippen LogP contribution in [0.3, 0.4) is 0 Å². The molecule has 1 aliphatic rings. The maximum Gasteiger partial charge on any atom is 0.195 e. The van der Waals surface area contributed by atoms with Crippen molar-refractivity contribution in [3.05, 3.63) is 18.2 Å². The fourth-order valence-electron chi connectivity index (χ4n) is 2.77. The minimum absolute atomic E-state index is 0.465. The second kappa shape index (κ2) is 8.75. The van der Waals surface area contributed by atoms with E-state index in [1.807, 2.05) is 18.2 Å². The number of nitrogens with zero attached hydrogens (tertiary/aromatic N) is 3. The van der Waals surface area contributed by atoms with Gasteiger partial charge in [0, 0.05) is 51.0 Å². The molecule has 0 spiro atoms. The zero-order chi connectivity index (χ0) is 17.5. The Kier molecular flexibility index (Phi) is 6.69. The number of anilines is 1. The van der Waals surface area contributed by atoms with Gasteiger partial charge in [0.1, 0.15) is 0 Å². The van der Waals surface area contributed by atoms with E-state index in [0.717, 1.165) is 37.8 Å². The lowest BCUT2D eigenvalue weighted by molar-refractivity contribution is 0.116. The average Bonchev–Trinajstić information content (AvgIpc) is 2.60. The number of piperazine rings is 1. The van der Waals surface area contributed by atoms with Gasteiger partial charge in [0.2, 0.25) is 0 Å². The summed E-state index contributed by atoms with van der Waals surface area (Å²) in [5.41, 5.74) is 0.898. The van der Waals surface area contributed by atoms with Crippen molar-refractivity contribution in [3.63, 3.8) is 0 Å². The van der Waals surface area contributed by atoms with Crippen LogP contribution in [0.4, 0.5) is 5.69 Å². The van der Waals surface area contributed by atoms with Crippen LogP contribution >= 0.6 is 0 Å². The summed E-state index contributed by atoms with van der Waals surface area (Å²) in [5, 5.41) is 6.69. The van der Waals surface area contributed by atoms with Gasteiger partial charge in [-0.05, 0) is 26.2 Å². The van der Waals surface area contributed by atoms with Crippen LogP contribution in [0.25, 0.3) is 0 Å². The number of methoxy groups -OCH3 is 2. The van der Waals surface area contributed by atoms with Crippen LogP contribution in [0.1, 0.15) is 0 Å². The maximum atomic E-state index is 5.34. The summed E-state index contributed by atoms with van der Waals surface area (Å²) in [6, 6.07) is 6.17. The van der Waals surface area contributed by atoms with Gasteiger partial charge in [-0.15, -0.1) is 0 Å². The molecule has 0 bridgehead atoms. The van der Waals surface area contributed by atoms with Gasteiger partial charge in [-0.2, -0.15) is 0 Å². The Morgan fingerprint density at radius 2 is 1.96 bits per heavy atom. The third kappa shape index (κ3) is 4.75. The molecule has 0 aromatic heterocycles. The first-order chi connectivity index (χ1) is 11.6. The van der Waals surface area contributed by atoms with E-state index in [0.29, 0.717) is 17.5 Å². The molecule has 134 valence electrons. The van der Waals surface area contributed by atoms with Crippen molar-refractivity contribution >= 4 is 11.6 Å². The third-order valence-electron chi connectivity index (χ3n) is 4.36. The number of aliphatic imine (C=N–C) groups is 1. The number of guanidine groups is 1. The minimum atomic E-state index is 0.465. The van der Waals surface area contributed by atoms with E-state index >= 15 is 0 Å². The molecule has 7 nitrogen and oxygen atoms in total. The van der Waals surface area contributed by atoms with Crippen molar-refractivity contribution in [1.29, 1.82) is 0 Å². The fraction of sp³-hybridized carbons (Fsp3) is 0.588. The lowest BCUT2D eigenvalue weighted by Gasteiger charge is -2.37. The van der Waals surface area contributed by atoms with Gasteiger partial charge in [-0.1, -0.05) is 0 Å².